The second-order valence-corrected chi connectivity index (χ2v) is 6.20. The van der Waals surface area contributed by atoms with Gasteiger partial charge in [-0.1, -0.05) is 48.5 Å². The van der Waals surface area contributed by atoms with Crippen molar-refractivity contribution in [3.05, 3.63) is 104 Å². The highest BCUT2D eigenvalue weighted by Gasteiger charge is 2.16. The zero-order valence-electron chi connectivity index (χ0n) is 15.3. The van der Waals surface area contributed by atoms with Gasteiger partial charge in [-0.15, -0.1) is 0 Å². The number of ether oxygens (including phenoxy) is 2. The number of hydrogen-bond donors (Lipinski definition) is 1. The zero-order valence-corrected chi connectivity index (χ0v) is 15.3. The van der Waals surface area contributed by atoms with E-state index in [-0.39, 0.29) is 13.3 Å². The van der Waals surface area contributed by atoms with Crippen LogP contribution >= 0.6 is 0 Å². The second kappa shape index (κ2) is 8.96. The number of aromatic nitrogens is 2. The summed E-state index contributed by atoms with van der Waals surface area (Å²) in [5.74, 6) is -0.456. The van der Waals surface area contributed by atoms with Crippen LogP contribution in [0.5, 0.6) is 0 Å². The standard InChI is InChI=1S/C21H20N2O5/c1-15-12-23(21(26)22-19(15)24)14-28-18(16-8-4-2-5-9-16)13-27-20(25)17-10-6-3-7-11-17/h2-12,18H,13-14H2,1H3,(H,22,24,26)/t18-/m1/s1. The van der Waals surface area contributed by atoms with Crippen molar-refractivity contribution in [3.8, 4) is 0 Å². The molecule has 0 saturated carbocycles. The Balaban J connectivity index is 1.73. The fourth-order valence-electron chi connectivity index (χ4n) is 2.60. The third kappa shape index (κ3) is 4.83. The minimum atomic E-state index is -0.576. The lowest BCUT2D eigenvalue weighted by atomic mass is 10.1. The predicted octanol–water partition coefficient (Wildman–Crippen LogP) is 2.42. The third-order valence-corrected chi connectivity index (χ3v) is 4.15. The maximum absolute atomic E-state index is 12.2. The minimum Gasteiger partial charge on any atom is -0.459 e. The summed E-state index contributed by atoms with van der Waals surface area (Å²) in [4.78, 5) is 37.9. The summed E-state index contributed by atoms with van der Waals surface area (Å²) in [6, 6.07) is 17.9. The van der Waals surface area contributed by atoms with E-state index < -0.39 is 23.3 Å². The lowest BCUT2D eigenvalue weighted by Crippen LogP contribution is -2.32. The molecule has 28 heavy (non-hydrogen) atoms. The molecule has 7 heteroatoms. The van der Waals surface area contributed by atoms with E-state index in [1.807, 2.05) is 36.4 Å². The van der Waals surface area contributed by atoms with Crippen molar-refractivity contribution in [1.29, 1.82) is 0 Å². The summed E-state index contributed by atoms with van der Waals surface area (Å²) in [6.07, 6.45) is 0.854. The first-order valence-electron chi connectivity index (χ1n) is 8.73. The molecule has 1 aromatic heterocycles. The largest absolute Gasteiger partial charge is 0.459 e. The summed E-state index contributed by atoms with van der Waals surface area (Å²) >= 11 is 0. The Morgan fingerprint density at radius 1 is 1.04 bits per heavy atom. The molecule has 0 bridgehead atoms. The summed E-state index contributed by atoms with van der Waals surface area (Å²) in [6.45, 7) is 1.48. The number of rotatable bonds is 7. The molecule has 0 amide bonds. The van der Waals surface area contributed by atoms with E-state index in [4.69, 9.17) is 9.47 Å². The van der Waals surface area contributed by atoms with Gasteiger partial charge < -0.3 is 9.47 Å². The smallest absolute Gasteiger partial charge is 0.338 e. The third-order valence-electron chi connectivity index (χ3n) is 4.15. The number of benzene rings is 2. The molecule has 0 saturated heterocycles. The van der Waals surface area contributed by atoms with Gasteiger partial charge in [0, 0.05) is 11.8 Å². The molecule has 7 nitrogen and oxygen atoms in total. The van der Waals surface area contributed by atoms with Crippen LogP contribution in [0.4, 0.5) is 0 Å². The van der Waals surface area contributed by atoms with Crippen molar-refractivity contribution in [2.75, 3.05) is 6.61 Å². The average molecular weight is 380 g/mol. The second-order valence-electron chi connectivity index (χ2n) is 6.20. The maximum atomic E-state index is 12.2. The van der Waals surface area contributed by atoms with Crippen LogP contribution in [0.2, 0.25) is 0 Å². The molecule has 144 valence electrons. The minimum absolute atomic E-state index is 0.0190. The van der Waals surface area contributed by atoms with E-state index >= 15 is 0 Å². The molecular formula is C21H20N2O5. The molecule has 1 N–H and O–H groups in total. The molecule has 1 heterocycles. The fraction of sp³-hybridized carbons (Fsp3) is 0.190. The molecule has 0 unspecified atom stereocenters. The highest BCUT2D eigenvalue weighted by Crippen LogP contribution is 2.19. The van der Waals surface area contributed by atoms with Gasteiger partial charge in [0.15, 0.2) is 0 Å². The number of aryl methyl sites for hydroxylation is 1. The summed E-state index contributed by atoms with van der Waals surface area (Å²) < 4.78 is 12.5. The lowest BCUT2D eigenvalue weighted by molar-refractivity contribution is -0.0377. The van der Waals surface area contributed by atoms with Crippen LogP contribution in [0, 0.1) is 6.92 Å². The molecule has 2 aromatic carbocycles. The molecule has 0 aliphatic carbocycles. The van der Waals surface area contributed by atoms with Gasteiger partial charge in [-0.3, -0.25) is 14.3 Å². The molecule has 1 atom stereocenters. The molecule has 0 aliphatic heterocycles. The van der Waals surface area contributed by atoms with Gasteiger partial charge in [-0.2, -0.15) is 0 Å². The number of carbonyl (C=O) groups is 1. The van der Waals surface area contributed by atoms with Crippen LogP contribution in [0.1, 0.15) is 27.6 Å². The first-order chi connectivity index (χ1) is 13.5. The van der Waals surface area contributed by atoms with E-state index in [9.17, 15) is 14.4 Å². The van der Waals surface area contributed by atoms with Gasteiger partial charge in [0.1, 0.15) is 19.4 Å². The Hall–Kier alpha value is -3.45. The molecule has 0 aliphatic rings. The predicted molar refractivity (Wildman–Crippen MR) is 103 cm³/mol. The van der Waals surface area contributed by atoms with Crippen molar-refractivity contribution in [3.63, 3.8) is 0 Å². The molecule has 0 fully saturated rings. The summed E-state index contributed by atoms with van der Waals surface area (Å²) in [7, 11) is 0. The Morgan fingerprint density at radius 2 is 1.68 bits per heavy atom. The van der Waals surface area contributed by atoms with Crippen LogP contribution < -0.4 is 11.2 Å². The van der Waals surface area contributed by atoms with Gasteiger partial charge in [-0.05, 0) is 24.6 Å². The van der Waals surface area contributed by atoms with E-state index in [2.05, 4.69) is 4.98 Å². The van der Waals surface area contributed by atoms with E-state index in [0.717, 1.165) is 5.56 Å². The van der Waals surface area contributed by atoms with Crippen molar-refractivity contribution < 1.29 is 14.3 Å². The van der Waals surface area contributed by atoms with E-state index in [1.165, 1.54) is 10.8 Å². The lowest BCUT2D eigenvalue weighted by Gasteiger charge is -2.19. The Labute approximate surface area is 161 Å². The number of esters is 1. The number of H-pyrrole nitrogens is 1. The Kier molecular flexibility index (Phi) is 6.18. The normalized spacial score (nSPS) is 11.8. The van der Waals surface area contributed by atoms with Crippen LogP contribution in [0.3, 0.4) is 0 Å². The van der Waals surface area contributed by atoms with Crippen molar-refractivity contribution in [2.45, 2.75) is 19.8 Å². The number of carbonyl (C=O) groups excluding carboxylic acids is 1. The fourth-order valence-corrected chi connectivity index (χ4v) is 2.60. The number of nitrogens with one attached hydrogen (secondary N) is 1. The Morgan fingerprint density at radius 3 is 2.36 bits per heavy atom. The summed E-state index contributed by atoms with van der Waals surface area (Å²) in [5, 5.41) is 0. The SMILES string of the molecule is Cc1cn(CO[C@H](COC(=O)c2ccccc2)c2ccccc2)c(=O)[nH]c1=O. The highest BCUT2D eigenvalue weighted by atomic mass is 16.6. The monoisotopic (exact) mass is 380 g/mol. The average Bonchev–Trinajstić information content (AvgIpc) is 2.72. The first kappa shape index (κ1) is 19.3. The van der Waals surface area contributed by atoms with Gasteiger partial charge in [0.05, 0.1) is 5.56 Å². The van der Waals surface area contributed by atoms with Crippen LogP contribution in [0.25, 0.3) is 0 Å². The molecule has 0 radical (unpaired) electrons. The zero-order chi connectivity index (χ0) is 19.9. The van der Waals surface area contributed by atoms with Gasteiger partial charge in [0.25, 0.3) is 5.56 Å². The van der Waals surface area contributed by atoms with Crippen molar-refractivity contribution in [1.82, 2.24) is 9.55 Å². The number of nitrogens with zero attached hydrogens (tertiary/aromatic N) is 1. The van der Waals surface area contributed by atoms with E-state index in [1.54, 1.807) is 31.2 Å². The first-order valence-corrected chi connectivity index (χ1v) is 8.73. The molecule has 3 aromatic rings. The molecule has 3 rings (SSSR count). The van der Waals surface area contributed by atoms with Crippen LogP contribution in [-0.4, -0.2) is 22.1 Å². The quantitative estimate of drug-likeness (QED) is 0.636. The van der Waals surface area contributed by atoms with Crippen LogP contribution in [0.15, 0.2) is 76.4 Å². The summed E-state index contributed by atoms with van der Waals surface area (Å²) in [5.41, 5.74) is 0.649. The van der Waals surface area contributed by atoms with Gasteiger partial charge in [-0.25, -0.2) is 9.59 Å². The number of hydrogen-bond acceptors (Lipinski definition) is 5. The van der Waals surface area contributed by atoms with Crippen LogP contribution in [-0.2, 0) is 16.2 Å². The molecule has 0 spiro atoms. The Bertz CT molecular complexity index is 1040. The van der Waals surface area contributed by atoms with Crippen molar-refractivity contribution >= 4 is 5.97 Å². The highest BCUT2D eigenvalue weighted by molar-refractivity contribution is 5.89. The van der Waals surface area contributed by atoms with Gasteiger partial charge >= 0.3 is 11.7 Å². The van der Waals surface area contributed by atoms with Gasteiger partial charge in [0.2, 0.25) is 0 Å². The topological polar surface area (TPSA) is 90.4 Å². The van der Waals surface area contributed by atoms with E-state index in [0.29, 0.717) is 11.1 Å². The molecular weight excluding hydrogens is 360 g/mol. The number of aromatic amines is 1. The maximum Gasteiger partial charge on any atom is 0.338 e. The van der Waals surface area contributed by atoms with Crippen molar-refractivity contribution in [2.24, 2.45) is 0 Å².